The molecule has 2 nitrogen and oxygen atoms in total. The Morgan fingerprint density at radius 3 is 2.30 bits per heavy atom. The molecule has 0 radical (unpaired) electrons. The number of hydrogen-bond acceptors (Lipinski definition) is 2. The van der Waals surface area contributed by atoms with Crippen LogP contribution in [0.2, 0.25) is 18.1 Å². The maximum Gasteiger partial charge on any atom is 0.193 e. The van der Waals surface area contributed by atoms with Crippen molar-refractivity contribution in [3.05, 3.63) is 35.9 Å². The molecule has 2 rings (SSSR count). The molecule has 1 aliphatic rings. The second kappa shape index (κ2) is 5.45. The molecule has 0 N–H and O–H groups in total. The molecular weight excluding hydrogens is 264 g/mol. The Morgan fingerprint density at radius 1 is 1.15 bits per heavy atom. The first-order valence-corrected chi connectivity index (χ1v) is 10.4. The van der Waals surface area contributed by atoms with E-state index >= 15 is 0 Å². The first-order chi connectivity index (χ1) is 9.21. The minimum Gasteiger partial charge on any atom is -0.407 e. The summed E-state index contributed by atoms with van der Waals surface area (Å²) in [7, 11) is -1.86. The highest BCUT2D eigenvalue weighted by atomic mass is 28.4. The monoisotopic (exact) mass is 290 g/mol. The molecule has 0 spiro atoms. The van der Waals surface area contributed by atoms with Gasteiger partial charge >= 0.3 is 0 Å². The van der Waals surface area contributed by atoms with Crippen molar-refractivity contribution in [2.75, 3.05) is 0 Å². The summed E-state index contributed by atoms with van der Waals surface area (Å²) in [4.78, 5) is 12.3. The topological polar surface area (TPSA) is 26.3 Å². The Kier molecular flexibility index (Phi) is 4.21. The van der Waals surface area contributed by atoms with E-state index in [9.17, 15) is 4.79 Å². The molecule has 20 heavy (non-hydrogen) atoms. The van der Waals surface area contributed by atoms with E-state index in [1.165, 1.54) is 5.56 Å². The number of hydrogen-bond donors (Lipinski definition) is 0. The van der Waals surface area contributed by atoms with Crippen LogP contribution >= 0.6 is 0 Å². The van der Waals surface area contributed by atoms with Crippen molar-refractivity contribution in [2.45, 2.75) is 63.8 Å². The Bertz CT molecular complexity index is 474. The molecule has 0 bridgehead atoms. The highest BCUT2D eigenvalue weighted by molar-refractivity contribution is 6.74. The van der Waals surface area contributed by atoms with E-state index < -0.39 is 8.32 Å². The minimum absolute atomic E-state index is 0.151. The zero-order valence-electron chi connectivity index (χ0n) is 13.3. The average Bonchev–Trinajstić information content (AvgIpc) is 2.70. The lowest BCUT2D eigenvalue weighted by molar-refractivity contribution is -0.123. The Balaban J connectivity index is 2.07. The molecule has 0 amide bonds. The van der Waals surface area contributed by atoms with Crippen LogP contribution in [0.15, 0.2) is 30.3 Å². The first-order valence-electron chi connectivity index (χ1n) is 7.46. The van der Waals surface area contributed by atoms with Gasteiger partial charge in [0.25, 0.3) is 0 Å². The second-order valence-corrected chi connectivity index (χ2v) is 12.1. The van der Waals surface area contributed by atoms with Gasteiger partial charge in [-0.05, 0) is 36.0 Å². The van der Waals surface area contributed by atoms with Crippen LogP contribution in [0.4, 0.5) is 0 Å². The van der Waals surface area contributed by atoms with Gasteiger partial charge in [-0.1, -0.05) is 51.1 Å². The third-order valence-corrected chi connectivity index (χ3v) is 9.31. The van der Waals surface area contributed by atoms with Crippen molar-refractivity contribution < 1.29 is 9.22 Å². The highest BCUT2D eigenvalue weighted by Crippen LogP contribution is 2.41. The van der Waals surface area contributed by atoms with E-state index in [1.54, 1.807) is 0 Å². The number of carbonyl (C=O) groups is 1. The van der Waals surface area contributed by atoms with Gasteiger partial charge in [-0.2, -0.15) is 0 Å². The van der Waals surface area contributed by atoms with Crippen molar-refractivity contribution in [1.82, 2.24) is 0 Å². The van der Waals surface area contributed by atoms with Crippen LogP contribution in [-0.4, -0.2) is 20.2 Å². The van der Waals surface area contributed by atoms with Crippen LogP contribution in [0.3, 0.4) is 0 Å². The minimum atomic E-state index is -1.86. The van der Waals surface area contributed by atoms with Crippen molar-refractivity contribution in [3.63, 3.8) is 0 Å². The van der Waals surface area contributed by atoms with Crippen LogP contribution < -0.4 is 0 Å². The van der Waals surface area contributed by atoms with E-state index in [0.717, 1.165) is 6.42 Å². The van der Waals surface area contributed by atoms with E-state index in [0.29, 0.717) is 12.3 Å². The molecule has 0 aliphatic heterocycles. The van der Waals surface area contributed by atoms with E-state index in [2.05, 4.69) is 46.0 Å². The van der Waals surface area contributed by atoms with Crippen LogP contribution in [0.25, 0.3) is 0 Å². The van der Waals surface area contributed by atoms with Gasteiger partial charge in [-0.15, -0.1) is 0 Å². The summed E-state index contributed by atoms with van der Waals surface area (Å²) < 4.78 is 6.32. The summed E-state index contributed by atoms with van der Waals surface area (Å²) in [6.07, 6.45) is 1.28. The second-order valence-electron chi connectivity index (χ2n) is 7.38. The largest absolute Gasteiger partial charge is 0.407 e. The van der Waals surface area contributed by atoms with Gasteiger partial charge in [-0.3, -0.25) is 4.79 Å². The molecule has 0 heterocycles. The molecule has 0 aromatic heterocycles. The summed E-state index contributed by atoms with van der Waals surface area (Å²) >= 11 is 0. The lowest BCUT2D eigenvalue weighted by atomic mass is 9.98. The number of Topliss-reactive ketones (excluding diaryl/α,β-unsaturated/α-hetero) is 1. The zero-order chi connectivity index (χ0) is 15.0. The van der Waals surface area contributed by atoms with Gasteiger partial charge in [0, 0.05) is 6.42 Å². The summed E-state index contributed by atoms with van der Waals surface area (Å²) in [5.41, 5.74) is 1.27. The number of benzene rings is 1. The third kappa shape index (κ3) is 3.21. The molecule has 1 aliphatic carbocycles. The van der Waals surface area contributed by atoms with Gasteiger partial charge in [-0.25, -0.2) is 0 Å². The highest BCUT2D eigenvalue weighted by Gasteiger charge is 2.43. The van der Waals surface area contributed by atoms with Crippen molar-refractivity contribution >= 4 is 14.1 Å². The number of ketones is 1. The molecule has 0 unspecified atom stereocenters. The van der Waals surface area contributed by atoms with E-state index in [1.807, 2.05) is 18.2 Å². The molecular formula is C17H26O2Si. The zero-order valence-corrected chi connectivity index (χ0v) is 14.3. The van der Waals surface area contributed by atoms with Gasteiger partial charge in [0.1, 0.15) is 6.10 Å². The number of carbonyl (C=O) groups excluding carboxylic acids is 1. The summed E-state index contributed by atoms with van der Waals surface area (Å²) in [6, 6.07) is 10.3. The van der Waals surface area contributed by atoms with Crippen molar-refractivity contribution in [3.8, 4) is 0 Å². The smallest absolute Gasteiger partial charge is 0.193 e. The van der Waals surface area contributed by atoms with Crippen LogP contribution in [-0.2, 0) is 9.22 Å². The van der Waals surface area contributed by atoms with Crippen LogP contribution in [0, 0.1) is 0 Å². The molecule has 2 atom stereocenters. The average molecular weight is 290 g/mol. The summed E-state index contributed by atoms with van der Waals surface area (Å²) in [6.45, 7) is 11.1. The SMILES string of the molecule is CC(C)(C)[Si](C)(C)O[C@H]1C[C@@H](c2ccccc2)CC1=O. The number of rotatable bonds is 3. The fraction of sp³-hybridized carbons (Fsp3) is 0.588. The first kappa shape index (κ1) is 15.5. The predicted octanol–water partition coefficient (Wildman–Crippen LogP) is 4.52. The summed E-state index contributed by atoms with van der Waals surface area (Å²) in [5, 5.41) is 0.151. The maximum absolute atomic E-state index is 12.3. The van der Waals surface area contributed by atoms with Gasteiger partial charge in [0.05, 0.1) is 0 Å². The van der Waals surface area contributed by atoms with Gasteiger partial charge in [0.2, 0.25) is 0 Å². The van der Waals surface area contributed by atoms with Crippen molar-refractivity contribution in [1.29, 1.82) is 0 Å². The Morgan fingerprint density at radius 2 is 1.75 bits per heavy atom. The van der Waals surface area contributed by atoms with Gasteiger partial charge < -0.3 is 4.43 Å². The lowest BCUT2D eigenvalue weighted by Gasteiger charge is -2.38. The van der Waals surface area contributed by atoms with Crippen LogP contribution in [0.1, 0.15) is 45.1 Å². The molecule has 1 aromatic rings. The van der Waals surface area contributed by atoms with Crippen LogP contribution in [0.5, 0.6) is 0 Å². The third-order valence-electron chi connectivity index (χ3n) is 4.82. The molecule has 1 aromatic carbocycles. The quantitative estimate of drug-likeness (QED) is 0.765. The normalized spacial score (nSPS) is 24.1. The van der Waals surface area contributed by atoms with Crippen molar-refractivity contribution in [2.24, 2.45) is 0 Å². The maximum atomic E-state index is 12.3. The predicted molar refractivity (Wildman–Crippen MR) is 85.5 cm³/mol. The molecule has 3 heteroatoms. The summed E-state index contributed by atoms with van der Waals surface area (Å²) in [5.74, 6) is 0.613. The molecule has 1 saturated carbocycles. The fourth-order valence-corrected chi connectivity index (χ4v) is 3.77. The lowest BCUT2D eigenvalue weighted by Crippen LogP contribution is -2.44. The fourth-order valence-electron chi connectivity index (χ4n) is 2.47. The standard InChI is InChI=1S/C17H26O2Si/c1-17(2,3)20(4,5)19-16-12-14(11-15(16)18)13-9-7-6-8-10-13/h6-10,14,16H,11-12H2,1-5H3/t14-,16-/m0/s1. The molecule has 1 fully saturated rings. The van der Waals surface area contributed by atoms with E-state index in [4.69, 9.17) is 4.43 Å². The molecule has 0 saturated heterocycles. The Labute approximate surface area is 123 Å². The van der Waals surface area contributed by atoms with Gasteiger partial charge in [0.15, 0.2) is 14.1 Å². The Hall–Kier alpha value is -0.933. The van der Waals surface area contributed by atoms with E-state index in [-0.39, 0.29) is 16.9 Å². The molecule has 110 valence electrons.